The number of benzene rings is 1. The summed E-state index contributed by atoms with van der Waals surface area (Å²) >= 11 is 1.40. The number of rotatable bonds is 6. The standard InChI is InChI=1S/C20H20N2O6S/c1-12(23)14-5-7-15(8-6-14)21-18(25)10-28-20(26)16-11-29-19(22(16)13(2)24)17-4-3-9-27-17/h3-9,16,19H,10-11H2,1-2H3,(H,21,25)/t16-,19-/m0/s1. The van der Waals surface area contributed by atoms with E-state index in [1.807, 2.05) is 0 Å². The van der Waals surface area contributed by atoms with E-state index >= 15 is 0 Å². The zero-order chi connectivity index (χ0) is 21.0. The lowest BCUT2D eigenvalue weighted by molar-refractivity contribution is -0.155. The van der Waals surface area contributed by atoms with Crippen molar-refractivity contribution < 1.29 is 28.3 Å². The number of nitrogens with zero attached hydrogens (tertiary/aromatic N) is 1. The van der Waals surface area contributed by atoms with Crippen molar-refractivity contribution in [2.45, 2.75) is 25.3 Å². The number of ketones is 1. The smallest absolute Gasteiger partial charge is 0.330 e. The number of nitrogens with one attached hydrogen (secondary N) is 1. The summed E-state index contributed by atoms with van der Waals surface area (Å²) in [5.74, 6) is -0.604. The van der Waals surface area contributed by atoms with Gasteiger partial charge in [-0.15, -0.1) is 11.8 Å². The van der Waals surface area contributed by atoms with Gasteiger partial charge >= 0.3 is 5.97 Å². The molecule has 0 saturated carbocycles. The number of hydrogen-bond donors (Lipinski definition) is 1. The van der Waals surface area contributed by atoms with Crippen molar-refractivity contribution in [2.24, 2.45) is 0 Å². The van der Waals surface area contributed by atoms with Crippen LogP contribution in [0.5, 0.6) is 0 Å². The third kappa shape index (κ3) is 4.86. The Morgan fingerprint density at radius 1 is 1.17 bits per heavy atom. The van der Waals surface area contributed by atoms with E-state index in [9.17, 15) is 19.2 Å². The van der Waals surface area contributed by atoms with Gasteiger partial charge in [-0.1, -0.05) is 0 Å². The number of esters is 1. The maximum absolute atomic E-state index is 12.5. The van der Waals surface area contributed by atoms with Crippen LogP contribution in [0.15, 0.2) is 47.1 Å². The summed E-state index contributed by atoms with van der Waals surface area (Å²) in [5, 5.41) is 2.18. The molecule has 0 unspecified atom stereocenters. The van der Waals surface area contributed by atoms with Crippen LogP contribution in [-0.4, -0.2) is 46.9 Å². The summed E-state index contributed by atoms with van der Waals surface area (Å²) in [4.78, 5) is 49.3. The Morgan fingerprint density at radius 2 is 1.90 bits per heavy atom. The molecule has 0 radical (unpaired) electrons. The highest BCUT2D eigenvalue weighted by atomic mass is 32.2. The highest BCUT2D eigenvalue weighted by Gasteiger charge is 2.43. The van der Waals surface area contributed by atoms with E-state index < -0.39 is 29.9 Å². The number of anilines is 1. The van der Waals surface area contributed by atoms with Crippen LogP contribution in [0.1, 0.15) is 35.3 Å². The SMILES string of the molecule is CC(=O)c1ccc(NC(=O)COC(=O)[C@@H]2CS[C@@H](c3ccco3)N2C(C)=O)cc1. The topological polar surface area (TPSA) is 106 Å². The quantitative estimate of drug-likeness (QED) is 0.570. The number of carbonyl (C=O) groups excluding carboxylic acids is 4. The molecule has 1 N–H and O–H groups in total. The van der Waals surface area contributed by atoms with Gasteiger partial charge in [-0.3, -0.25) is 14.4 Å². The van der Waals surface area contributed by atoms with Crippen molar-refractivity contribution in [1.82, 2.24) is 4.90 Å². The van der Waals surface area contributed by atoms with Crippen molar-refractivity contribution in [3.63, 3.8) is 0 Å². The van der Waals surface area contributed by atoms with Gasteiger partial charge in [0.05, 0.1) is 6.26 Å². The molecule has 2 aromatic rings. The summed E-state index contributed by atoms with van der Waals surface area (Å²) in [7, 11) is 0. The molecule has 1 fully saturated rings. The van der Waals surface area contributed by atoms with Gasteiger partial charge in [0.2, 0.25) is 5.91 Å². The van der Waals surface area contributed by atoms with E-state index in [0.29, 0.717) is 22.8 Å². The first kappa shape index (κ1) is 20.7. The first-order valence-corrected chi connectivity index (χ1v) is 9.93. The number of Topliss-reactive ketones (excluding diaryl/α,β-unsaturated/α-hetero) is 1. The van der Waals surface area contributed by atoms with Gasteiger partial charge in [-0.25, -0.2) is 4.79 Å². The predicted octanol–water partition coefficient (Wildman–Crippen LogP) is 2.63. The van der Waals surface area contributed by atoms with Gasteiger partial charge in [-0.2, -0.15) is 0 Å². The molecule has 0 spiro atoms. The van der Waals surface area contributed by atoms with E-state index in [4.69, 9.17) is 9.15 Å². The molecule has 1 aliphatic heterocycles. The van der Waals surface area contributed by atoms with E-state index in [1.54, 1.807) is 36.4 Å². The number of ether oxygens (including phenoxy) is 1. The lowest BCUT2D eigenvalue weighted by Gasteiger charge is -2.25. The molecule has 2 atom stereocenters. The number of carbonyl (C=O) groups is 4. The fraction of sp³-hybridized carbons (Fsp3) is 0.300. The van der Waals surface area contributed by atoms with Crippen LogP contribution in [0.4, 0.5) is 5.69 Å². The highest BCUT2D eigenvalue weighted by molar-refractivity contribution is 7.99. The van der Waals surface area contributed by atoms with Crippen molar-refractivity contribution in [2.75, 3.05) is 17.7 Å². The molecule has 152 valence electrons. The summed E-state index contributed by atoms with van der Waals surface area (Å²) in [6.45, 7) is 2.35. The number of amides is 2. The third-order valence-electron chi connectivity index (χ3n) is 4.34. The Labute approximate surface area is 171 Å². The molecular formula is C20H20N2O6S. The normalized spacial score (nSPS) is 18.3. The monoisotopic (exact) mass is 416 g/mol. The zero-order valence-electron chi connectivity index (χ0n) is 15.9. The molecule has 2 amide bonds. The Morgan fingerprint density at radius 3 is 2.48 bits per heavy atom. The lowest BCUT2D eigenvalue weighted by atomic mass is 10.1. The Hall–Kier alpha value is -3.07. The molecule has 1 aromatic carbocycles. The van der Waals surface area contributed by atoms with Crippen LogP contribution >= 0.6 is 11.8 Å². The van der Waals surface area contributed by atoms with Gasteiger partial charge in [0.1, 0.15) is 17.2 Å². The van der Waals surface area contributed by atoms with E-state index in [1.165, 1.54) is 36.8 Å². The Balaban J connectivity index is 1.56. The molecular weight excluding hydrogens is 396 g/mol. The van der Waals surface area contributed by atoms with E-state index in [-0.39, 0.29) is 11.7 Å². The second kappa shape index (κ2) is 8.95. The highest BCUT2D eigenvalue weighted by Crippen LogP contribution is 2.41. The summed E-state index contributed by atoms with van der Waals surface area (Å²) < 4.78 is 10.5. The molecule has 2 heterocycles. The largest absolute Gasteiger partial charge is 0.466 e. The van der Waals surface area contributed by atoms with Crippen LogP contribution in [0.25, 0.3) is 0 Å². The molecule has 29 heavy (non-hydrogen) atoms. The maximum atomic E-state index is 12.5. The van der Waals surface area contributed by atoms with Gasteiger partial charge in [0.15, 0.2) is 12.4 Å². The predicted molar refractivity (Wildman–Crippen MR) is 106 cm³/mol. The summed E-state index contributed by atoms with van der Waals surface area (Å²) in [6.07, 6.45) is 1.51. The number of hydrogen-bond acceptors (Lipinski definition) is 7. The molecule has 9 heteroatoms. The van der Waals surface area contributed by atoms with Crippen molar-refractivity contribution in [3.8, 4) is 0 Å². The second-order valence-corrected chi connectivity index (χ2v) is 7.55. The number of thioether (sulfide) groups is 1. The van der Waals surface area contributed by atoms with Crippen molar-refractivity contribution in [3.05, 3.63) is 54.0 Å². The zero-order valence-corrected chi connectivity index (χ0v) is 16.7. The van der Waals surface area contributed by atoms with Crippen LogP contribution in [-0.2, 0) is 19.1 Å². The number of furan rings is 1. The van der Waals surface area contributed by atoms with Crippen molar-refractivity contribution >= 4 is 41.0 Å². The first-order valence-electron chi connectivity index (χ1n) is 8.88. The molecule has 0 bridgehead atoms. The Bertz CT molecular complexity index is 910. The van der Waals surface area contributed by atoms with Crippen LogP contribution in [0, 0.1) is 0 Å². The minimum atomic E-state index is -0.796. The van der Waals surface area contributed by atoms with Gasteiger partial charge in [0.25, 0.3) is 5.91 Å². The summed E-state index contributed by atoms with van der Waals surface area (Å²) in [5.41, 5.74) is 1.01. The lowest BCUT2D eigenvalue weighted by Crippen LogP contribution is -2.43. The Kier molecular flexibility index (Phi) is 6.38. The minimum Gasteiger partial charge on any atom is -0.466 e. The molecule has 3 rings (SSSR count). The fourth-order valence-corrected chi connectivity index (χ4v) is 4.36. The molecule has 1 saturated heterocycles. The first-order chi connectivity index (χ1) is 13.9. The fourth-order valence-electron chi connectivity index (χ4n) is 2.94. The van der Waals surface area contributed by atoms with Crippen LogP contribution in [0.2, 0.25) is 0 Å². The second-order valence-electron chi connectivity index (χ2n) is 6.43. The maximum Gasteiger partial charge on any atom is 0.330 e. The third-order valence-corrected chi connectivity index (χ3v) is 5.63. The van der Waals surface area contributed by atoms with Crippen LogP contribution < -0.4 is 5.32 Å². The average molecular weight is 416 g/mol. The molecule has 1 aromatic heterocycles. The van der Waals surface area contributed by atoms with Crippen LogP contribution in [0.3, 0.4) is 0 Å². The molecule has 0 aliphatic carbocycles. The average Bonchev–Trinajstić information content (AvgIpc) is 3.35. The van der Waals surface area contributed by atoms with E-state index in [0.717, 1.165) is 0 Å². The summed E-state index contributed by atoms with van der Waals surface area (Å²) in [6, 6.07) is 9.04. The van der Waals surface area contributed by atoms with Gasteiger partial charge in [-0.05, 0) is 43.3 Å². The van der Waals surface area contributed by atoms with Crippen molar-refractivity contribution in [1.29, 1.82) is 0 Å². The molecule has 1 aliphatic rings. The van der Waals surface area contributed by atoms with Gasteiger partial charge < -0.3 is 19.4 Å². The van der Waals surface area contributed by atoms with E-state index in [2.05, 4.69) is 5.32 Å². The van der Waals surface area contributed by atoms with Gasteiger partial charge in [0, 0.05) is 23.9 Å². The molecule has 8 nitrogen and oxygen atoms in total. The minimum absolute atomic E-state index is 0.0749.